The highest BCUT2D eigenvalue weighted by atomic mass is 32.2. The summed E-state index contributed by atoms with van der Waals surface area (Å²) in [7, 11) is -4.16. The van der Waals surface area contributed by atoms with Gasteiger partial charge in [-0.15, -0.1) is 11.8 Å². The molecule has 31 heavy (non-hydrogen) atoms. The zero-order valence-electron chi connectivity index (χ0n) is 16.9. The summed E-state index contributed by atoms with van der Waals surface area (Å²) in [6, 6.07) is 4.31. The predicted molar refractivity (Wildman–Crippen MR) is 112 cm³/mol. The van der Waals surface area contributed by atoms with Crippen molar-refractivity contribution in [1.82, 2.24) is 14.9 Å². The summed E-state index contributed by atoms with van der Waals surface area (Å²) < 4.78 is 27.2. The summed E-state index contributed by atoms with van der Waals surface area (Å²) in [6.07, 6.45) is -0.230. The van der Waals surface area contributed by atoms with E-state index in [1.807, 2.05) is 0 Å². The zero-order chi connectivity index (χ0) is 23.1. The number of benzene rings is 1. The van der Waals surface area contributed by atoms with Crippen molar-refractivity contribution in [1.29, 1.82) is 0 Å². The second kappa shape index (κ2) is 8.04. The number of hydrogen-bond acceptors (Lipinski definition) is 7. The smallest absolute Gasteiger partial charge is 0.327 e. The van der Waals surface area contributed by atoms with Crippen LogP contribution in [0.5, 0.6) is 0 Å². The summed E-state index contributed by atoms with van der Waals surface area (Å²) in [5.74, 6) is -2.87. The number of β-lactam (4-membered cyclic amide) rings is 1. The molecule has 1 unspecified atom stereocenters. The Bertz CT molecular complexity index is 1060. The van der Waals surface area contributed by atoms with Gasteiger partial charge in [-0.05, 0) is 25.5 Å². The van der Waals surface area contributed by atoms with Gasteiger partial charge in [-0.25, -0.2) is 9.52 Å². The van der Waals surface area contributed by atoms with Crippen LogP contribution in [0.1, 0.15) is 26.3 Å². The van der Waals surface area contributed by atoms with E-state index in [4.69, 9.17) is 0 Å². The Hall–Kier alpha value is -2.80. The number of hydrogen-bond donors (Lipinski definition) is 4. The summed E-state index contributed by atoms with van der Waals surface area (Å²) in [5.41, 5.74) is 0.440. The second-order valence-corrected chi connectivity index (χ2v) is 10.9. The van der Waals surface area contributed by atoms with Gasteiger partial charge < -0.3 is 15.3 Å². The summed E-state index contributed by atoms with van der Waals surface area (Å²) >= 11 is 1.31. The lowest BCUT2D eigenvalue weighted by Gasteiger charge is -2.43. The molecule has 11 nitrogen and oxygen atoms in total. The minimum absolute atomic E-state index is 0.107. The van der Waals surface area contributed by atoms with E-state index in [1.165, 1.54) is 28.8 Å². The molecule has 0 spiro atoms. The normalized spacial score (nSPS) is 24.0. The number of amides is 3. The Morgan fingerprint density at radius 3 is 2.48 bits per heavy atom. The molecular weight excluding hydrogens is 448 g/mol. The van der Waals surface area contributed by atoms with E-state index in [-0.39, 0.29) is 12.1 Å². The van der Waals surface area contributed by atoms with Gasteiger partial charge >= 0.3 is 16.2 Å². The maximum absolute atomic E-state index is 12.6. The van der Waals surface area contributed by atoms with Crippen molar-refractivity contribution in [2.75, 3.05) is 4.72 Å². The number of nitrogens with zero attached hydrogens (tertiary/aromatic N) is 1. The molecule has 2 aliphatic heterocycles. The van der Waals surface area contributed by atoms with Gasteiger partial charge in [0.1, 0.15) is 17.5 Å². The van der Waals surface area contributed by atoms with E-state index in [0.29, 0.717) is 5.56 Å². The standard InChI is InChI=1S/C18H22N4O7S2/c1-9(23)20-31(28,29)21-11-7-5-4-6-10(11)8-12(24)19-13-15(25)22-14(17(26)27)18(2,3)30-16(13)22/h4-7,13-14,16,21H,8H2,1-3H3,(H,19,24)(H,20,23)(H,26,27)/t13?,14-,16+/m0/s1. The van der Waals surface area contributed by atoms with Gasteiger partial charge in [-0.2, -0.15) is 8.42 Å². The lowest BCUT2D eigenvalue weighted by molar-refractivity contribution is -0.161. The van der Waals surface area contributed by atoms with E-state index >= 15 is 0 Å². The molecule has 4 N–H and O–H groups in total. The van der Waals surface area contributed by atoms with Gasteiger partial charge in [0.25, 0.3) is 0 Å². The van der Waals surface area contributed by atoms with Crippen LogP contribution < -0.4 is 14.8 Å². The van der Waals surface area contributed by atoms with Gasteiger partial charge in [0.2, 0.25) is 17.7 Å². The fourth-order valence-electron chi connectivity index (χ4n) is 3.68. The number of carboxylic acids is 1. The van der Waals surface area contributed by atoms with Crippen LogP contribution in [-0.2, 0) is 35.8 Å². The molecule has 0 aromatic heterocycles. The van der Waals surface area contributed by atoms with Crippen molar-refractivity contribution < 1.29 is 32.7 Å². The van der Waals surface area contributed by atoms with Crippen LogP contribution in [0, 0.1) is 0 Å². The first-order valence-corrected chi connectivity index (χ1v) is 11.6. The third-order valence-electron chi connectivity index (χ3n) is 4.88. The molecule has 2 heterocycles. The van der Waals surface area contributed by atoms with Crippen LogP contribution >= 0.6 is 11.8 Å². The number of carbonyl (C=O) groups excluding carboxylic acids is 3. The van der Waals surface area contributed by atoms with Crippen molar-refractivity contribution in [3.8, 4) is 0 Å². The monoisotopic (exact) mass is 470 g/mol. The Balaban J connectivity index is 1.69. The first-order valence-electron chi connectivity index (χ1n) is 9.23. The summed E-state index contributed by atoms with van der Waals surface area (Å²) in [6.45, 7) is 4.52. The Morgan fingerprint density at radius 1 is 1.23 bits per heavy atom. The highest BCUT2D eigenvalue weighted by Gasteiger charge is 2.64. The number of carboxylic acid groups (broad SMARTS) is 1. The highest BCUT2D eigenvalue weighted by Crippen LogP contribution is 2.50. The van der Waals surface area contributed by atoms with Crippen molar-refractivity contribution in [2.45, 2.75) is 49.4 Å². The molecule has 0 saturated carbocycles. The Morgan fingerprint density at radius 2 is 1.87 bits per heavy atom. The zero-order valence-corrected chi connectivity index (χ0v) is 18.5. The lowest BCUT2D eigenvalue weighted by atomic mass is 9.96. The molecule has 168 valence electrons. The minimum atomic E-state index is -4.16. The molecule has 3 rings (SSSR count). The fraction of sp³-hybridized carbons (Fsp3) is 0.444. The molecule has 2 fully saturated rings. The third kappa shape index (κ3) is 4.61. The largest absolute Gasteiger partial charge is 0.480 e. The molecule has 1 aromatic rings. The molecule has 2 saturated heterocycles. The molecule has 2 aliphatic rings. The first-order chi connectivity index (χ1) is 14.3. The van der Waals surface area contributed by atoms with Crippen molar-refractivity contribution in [3.63, 3.8) is 0 Å². The van der Waals surface area contributed by atoms with E-state index in [1.54, 1.807) is 30.7 Å². The van der Waals surface area contributed by atoms with Crippen molar-refractivity contribution >= 4 is 51.3 Å². The number of thioether (sulfide) groups is 1. The van der Waals surface area contributed by atoms with Gasteiger partial charge in [0.15, 0.2) is 0 Å². The number of carbonyl (C=O) groups is 4. The van der Waals surface area contributed by atoms with Crippen molar-refractivity contribution in [3.05, 3.63) is 29.8 Å². The van der Waals surface area contributed by atoms with Crippen LogP contribution in [0.15, 0.2) is 24.3 Å². The Kier molecular flexibility index (Phi) is 5.93. The van der Waals surface area contributed by atoms with Crippen LogP contribution in [0.3, 0.4) is 0 Å². The highest BCUT2D eigenvalue weighted by molar-refractivity contribution is 8.01. The van der Waals surface area contributed by atoms with E-state index in [9.17, 15) is 32.7 Å². The number of aliphatic carboxylic acids is 1. The average Bonchev–Trinajstić information content (AvgIpc) is 2.88. The minimum Gasteiger partial charge on any atom is -0.480 e. The number of fused-ring (bicyclic) bond motifs is 1. The molecular formula is C18H22N4O7S2. The van der Waals surface area contributed by atoms with Crippen LogP contribution in [-0.4, -0.2) is 64.3 Å². The van der Waals surface area contributed by atoms with Gasteiger partial charge in [-0.3, -0.25) is 19.1 Å². The quantitative estimate of drug-likeness (QED) is 0.393. The maximum Gasteiger partial charge on any atom is 0.327 e. The van der Waals surface area contributed by atoms with Crippen molar-refractivity contribution in [2.24, 2.45) is 0 Å². The fourth-order valence-corrected chi connectivity index (χ4v) is 6.22. The second-order valence-electron chi connectivity index (χ2n) is 7.74. The topological polar surface area (TPSA) is 162 Å². The number of para-hydroxylation sites is 1. The molecule has 3 amide bonds. The summed E-state index contributed by atoms with van der Waals surface area (Å²) in [5, 5.41) is 11.6. The van der Waals surface area contributed by atoms with Crippen LogP contribution in [0.2, 0.25) is 0 Å². The summed E-state index contributed by atoms with van der Waals surface area (Å²) in [4.78, 5) is 48.9. The number of rotatable bonds is 7. The average molecular weight is 471 g/mol. The van der Waals surface area contributed by atoms with Gasteiger partial charge in [0.05, 0.1) is 12.1 Å². The predicted octanol–water partition coefficient (Wildman–Crippen LogP) is -0.346. The van der Waals surface area contributed by atoms with Crippen LogP contribution in [0.25, 0.3) is 0 Å². The number of nitrogens with one attached hydrogen (secondary N) is 3. The number of anilines is 1. The van der Waals surface area contributed by atoms with Gasteiger partial charge in [0, 0.05) is 11.7 Å². The molecule has 3 atom stereocenters. The van der Waals surface area contributed by atoms with Gasteiger partial charge in [-0.1, -0.05) is 18.2 Å². The molecule has 0 bridgehead atoms. The Labute approximate surface area is 183 Å². The SMILES string of the molecule is CC(=O)NS(=O)(=O)Nc1ccccc1CC(=O)NC1C(=O)N2[C@@H]1SC(C)(C)[C@@H]2C(=O)O. The lowest BCUT2D eigenvalue weighted by Crippen LogP contribution is -2.70. The molecule has 0 radical (unpaired) electrons. The van der Waals surface area contributed by atoms with Crippen LogP contribution in [0.4, 0.5) is 5.69 Å². The van der Waals surface area contributed by atoms with E-state index in [2.05, 4.69) is 10.0 Å². The van der Waals surface area contributed by atoms with E-state index < -0.39 is 56.1 Å². The van der Waals surface area contributed by atoms with E-state index in [0.717, 1.165) is 6.92 Å². The third-order valence-corrected chi connectivity index (χ3v) is 7.50. The molecule has 13 heteroatoms. The molecule has 0 aliphatic carbocycles. The maximum atomic E-state index is 12.6. The first kappa shape index (κ1) is 22.9. The molecule has 1 aromatic carbocycles.